The summed E-state index contributed by atoms with van der Waals surface area (Å²) in [5, 5.41) is 6.43. The minimum Gasteiger partial charge on any atom is -0.375 e. The van der Waals surface area contributed by atoms with Gasteiger partial charge in [-0.15, -0.1) is 12.4 Å². The van der Waals surface area contributed by atoms with Gasteiger partial charge in [-0.3, -0.25) is 4.79 Å². The van der Waals surface area contributed by atoms with Crippen molar-refractivity contribution in [2.75, 3.05) is 19.7 Å². The molecule has 0 aliphatic carbocycles. The van der Waals surface area contributed by atoms with Gasteiger partial charge in [0.25, 0.3) is 0 Å². The molecule has 0 bridgehead atoms. The van der Waals surface area contributed by atoms with E-state index in [2.05, 4.69) is 55.7 Å². The number of aryl methyl sites for hydroxylation is 1. The summed E-state index contributed by atoms with van der Waals surface area (Å²) in [7, 11) is 0. The summed E-state index contributed by atoms with van der Waals surface area (Å²) in [5.74, 6) is 0.411. The van der Waals surface area contributed by atoms with Gasteiger partial charge in [0, 0.05) is 13.1 Å². The van der Waals surface area contributed by atoms with Crippen molar-refractivity contribution in [1.82, 2.24) is 10.6 Å². The van der Waals surface area contributed by atoms with Crippen LogP contribution in [0, 0.1) is 5.92 Å². The molecule has 1 aliphatic heterocycles. The fourth-order valence-corrected chi connectivity index (χ4v) is 2.79. The lowest BCUT2D eigenvalue weighted by atomic mass is 9.94. The van der Waals surface area contributed by atoms with Crippen molar-refractivity contribution in [2.45, 2.75) is 45.8 Å². The Morgan fingerprint density at radius 1 is 1.35 bits per heavy atom. The van der Waals surface area contributed by atoms with Gasteiger partial charge in [-0.25, -0.2) is 0 Å². The first-order valence-corrected chi connectivity index (χ1v) is 8.30. The summed E-state index contributed by atoms with van der Waals surface area (Å²) < 4.78 is 5.60. The van der Waals surface area contributed by atoms with Crippen LogP contribution in [0.25, 0.3) is 0 Å². The monoisotopic (exact) mass is 340 g/mol. The molecule has 0 saturated carbocycles. The van der Waals surface area contributed by atoms with Crippen molar-refractivity contribution in [3.05, 3.63) is 35.4 Å². The zero-order valence-electron chi connectivity index (χ0n) is 14.3. The number of ether oxygens (including phenoxy) is 1. The Morgan fingerprint density at radius 3 is 2.57 bits per heavy atom. The minimum absolute atomic E-state index is 0. The van der Waals surface area contributed by atoms with E-state index in [1.54, 1.807) is 0 Å². The van der Waals surface area contributed by atoms with Gasteiger partial charge in [0.1, 0.15) is 0 Å². The summed E-state index contributed by atoms with van der Waals surface area (Å²) >= 11 is 0. The van der Waals surface area contributed by atoms with Crippen molar-refractivity contribution < 1.29 is 9.53 Å². The zero-order valence-corrected chi connectivity index (χ0v) is 15.1. The van der Waals surface area contributed by atoms with Crippen LogP contribution in [0.4, 0.5) is 0 Å². The fraction of sp³-hybridized carbons (Fsp3) is 0.611. The second kappa shape index (κ2) is 9.91. The first-order chi connectivity index (χ1) is 10.6. The maximum atomic E-state index is 12.3. The van der Waals surface area contributed by atoms with Crippen molar-refractivity contribution in [3.8, 4) is 0 Å². The van der Waals surface area contributed by atoms with Crippen LogP contribution in [-0.4, -0.2) is 31.7 Å². The molecule has 4 nitrogen and oxygen atoms in total. The number of morpholine rings is 1. The SMILES string of the molecule is CCc1ccc(C(NC(=O)CC2CNCCO2)C(C)C)cc1.Cl. The van der Waals surface area contributed by atoms with E-state index in [0.29, 0.717) is 18.9 Å². The molecule has 1 aromatic carbocycles. The molecule has 2 rings (SSSR count). The van der Waals surface area contributed by atoms with Gasteiger partial charge in [-0.05, 0) is 23.5 Å². The van der Waals surface area contributed by atoms with Gasteiger partial charge in [0.05, 0.1) is 25.2 Å². The molecule has 2 unspecified atom stereocenters. The Hall–Kier alpha value is -1.10. The van der Waals surface area contributed by atoms with E-state index in [1.807, 2.05) is 0 Å². The lowest BCUT2D eigenvalue weighted by Gasteiger charge is -2.26. The third kappa shape index (κ3) is 6.13. The number of rotatable bonds is 6. The molecule has 5 heteroatoms. The van der Waals surface area contributed by atoms with Crippen LogP contribution in [0.1, 0.15) is 44.4 Å². The summed E-state index contributed by atoms with van der Waals surface area (Å²) in [5.41, 5.74) is 2.49. The van der Waals surface area contributed by atoms with E-state index >= 15 is 0 Å². The number of hydrogen-bond donors (Lipinski definition) is 2. The molecule has 1 heterocycles. The molecule has 1 aliphatic rings. The molecule has 2 atom stereocenters. The van der Waals surface area contributed by atoms with Gasteiger partial charge >= 0.3 is 0 Å². The average molecular weight is 341 g/mol. The van der Waals surface area contributed by atoms with Crippen LogP contribution >= 0.6 is 12.4 Å². The minimum atomic E-state index is -0.0102. The molecule has 2 N–H and O–H groups in total. The molecule has 1 fully saturated rings. The van der Waals surface area contributed by atoms with E-state index in [4.69, 9.17) is 4.74 Å². The molecule has 130 valence electrons. The van der Waals surface area contributed by atoms with Crippen LogP contribution in [0.3, 0.4) is 0 Å². The molecule has 1 aromatic rings. The van der Waals surface area contributed by atoms with Gasteiger partial charge in [0.2, 0.25) is 5.91 Å². The highest BCUT2D eigenvalue weighted by Gasteiger charge is 2.22. The predicted octanol–water partition coefficient (Wildman–Crippen LogP) is 2.86. The number of carbonyl (C=O) groups is 1. The molecule has 23 heavy (non-hydrogen) atoms. The molecule has 1 saturated heterocycles. The van der Waals surface area contributed by atoms with E-state index in [1.165, 1.54) is 11.1 Å². The van der Waals surface area contributed by atoms with E-state index in [-0.39, 0.29) is 30.5 Å². The standard InChI is InChI=1S/C18H28N2O2.ClH/c1-4-14-5-7-15(8-6-14)18(13(2)3)20-17(21)11-16-12-19-9-10-22-16;/h5-8,13,16,18-19H,4,9-12H2,1-3H3,(H,20,21);1H. The molecular weight excluding hydrogens is 312 g/mol. The van der Waals surface area contributed by atoms with Crippen molar-refractivity contribution in [1.29, 1.82) is 0 Å². The lowest BCUT2D eigenvalue weighted by molar-refractivity contribution is -0.125. The number of carbonyl (C=O) groups excluding carboxylic acids is 1. The quantitative estimate of drug-likeness (QED) is 0.837. The third-order valence-corrected chi connectivity index (χ3v) is 4.15. The van der Waals surface area contributed by atoms with Crippen molar-refractivity contribution >= 4 is 18.3 Å². The first kappa shape index (κ1) is 19.9. The number of amides is 1. The molecule has 1 amide bonds. The Kier molecular flexibility index (Phi) is 8.59. The zero-order chi connectivity index (χ0) is 15.9. The van der Waals surface area contributed by atoms with Gasteiger partial charge in [-0.1, -0.05) is 45.0 Å². The summed E-state index contributed by atoms with van der Waals surface area (Å²) in [6.07, 6.45) is 1.44. The number of hydrogen-bond acceptors (Lipinski definition) is 3. The van der Waals surface area contributed by atoms with Crippen LogP contribution in [-0.2, 0) is 16.0 Å². The molecular formula is C18H29ClN2O2. The summed E-state index contributed by atoms with van der Waals surface area (Å²) in [4.78, 5) is 12.3. The van der Waals surface area contributed by atoms with E-state index in [9.17, 15) is 4.79 Å². The van der Waals surface area contributed by atoms with Crippen molar-refractivity contribution in [3.63, 3.8) is 0 Å². The Labute approximate surface area is 145 Å². The second-order valence-corrected chi connectivity index (χ2v) is 6.29. The smallest absolute Gasteiger partial charge is 0.223 e. The van der Waals surface area contributed by atoms with E-state index < -0.39 is 0 Å². The Bertz CT molecular complexity index is 470. The molecule has 0 aromatic heterocycles. The number of halogens is 1. The molecule has 0 spiro atoms. The maximum absolute atomic E-state index is 12.3. The topological polar surface area (TPSA) is 50.4 Å². The Balaban J connectivity index is 0.00000264. The summed E-state index contributed by atoms with van der Waals surface area (Å²) in [6.45, 7) is 8.73. The molecule has 0 radical (unpaired) electrons. The normalized spacial score (nSPS) is 19.0. The van der Waals surface area contributed by atoms with Gasteiger partial charge in [-0.2, -0.15) is 0 Å². The summed E-state index contributed by atoms with van der Waals surface area (Å²) in [6, 6.07) is 8.59. The maximum Gasteiger partial charge on any atom is 0.223 e. The van der Waals surface area contributed by atoms with Crippen LogP contribution in [0.5, 0.6) is 0 Å². The highest BCUT2D eigenvalue weighted by atomic mass is 35.5. The fourth-order valence-electron chi connectivity index (χ4n) is 2.79. The predicted molar refractivity (Wildman–Crippen MR) is 96.0 cm³/mol. The second-order valence-electron chi connectivity index (χ2n) is 6.29. The average Bonchev–Trinajstić information content (AvgIpc) is 2.53. The highest BCUT2D eigenvalue weighted by molar-refractivity contribution is 5.85. The van der Waals surface area contributed by atoms with Crippen molar-refractivity contribution in [2.24, 2.45) is 5.92 Å². The lowest BCUT2D eigenvalue weighted by Crippen LogP contribution is -2.42. The largest absolute Gasteiger partial charge is 0.375 e. The Morgan fingerprint density at radius 2 is 2.04 bits per heavy atom. The highest BCUT2D eigenvalue weighted by Crippen LogP contribution is 2.22. The number of benzene rings is 1. The third-order valence-electron chi connectivity index (χ3n) is 4.15. The van der Waals surface area contributed by atoms with Gasteiger partial charge < -0.3 is 15.4 Å². The van der Waals surface area contributed by atoms with Crippen LogP contribution in [0.2, 0.25) is 0 Å². The van der Waals surface area contributed by atoms with Gasteiger partial charge in [0.15, 0.2) is 0 Å². The van der Waals surface area contributed by atoms with Crippen LogP contribution in [0.15, 0.2) is 24.3 Å². The first-order valence-electron chi connectivity index (χ1n) is 8.30. The number of nitrogens with one attached hydrogen (secondary N) is 2. The van der Waals surface area contributed by atoms with E-state index in [0.717, 1.165) is 19.5 Å². The van der Waals surface area contributed by atoms with Crippen LogP contribution < -0.4 is 10.6 Å².